The van der Waals surface area contributed by atoms with Crippen LogP contribution in [0.2, 0.25) is 0 Å². The zero-order valence-electron chi connectivity index (χ0n) is 5.89. The standard InChI is InChI=1S/C5H11.Ni.HO3P/c1-3-5-4-2;;1-4(2)3/h1,3-5H2,2H3;;(H-,1,2,3)/q-1;;/p+1. The molecule has 0 aromatic carbocycles. The fraction of sp³-hybridized carbons (Fsp3) is 0.800. The first-order valence-electron chi connectivity index (χ1n) is 2.79. The van der Waals surface area contributed by atoms with Gasteiger partial charge in [0.15, 0.2) is 0 Å². The van der Waals surface area contributed by atoms with Crippen LogP contribution in [0.15, 0.2) is 0 Å². The van der Waals surface area contributed by atoms with Gasteiger partial charge in [-0.1, -0.05) is 19.8 Å². The van der Waals surface area contributed by atoms with Gasteiger partial charge >= 0.3 is 8.25 Å². The van der Waals surface area contributed by atoms with Gasteiger partial charge in [0.05, 0.1) is 0 Å². The second-order valence-corrected chi connectivity index (χ2v) is 1.97. The Hall–Kier alpha value is 0.514. The SMILES string of the molecule is O=[P+](O)O.[CH2-]CCCC.[Ni]. The van der Waals surface area contributed by atoms with Crippen molar-refractivity contribution in [2.45, 2.75) is 26.2 Å². The minimum absolute atomic E-state index is 0. The van der Waals surface area contributed by atoms with Crippen molar-refractivity contribution in [3.8, 4) is 0 Å². The normalized spacial score (nSPS) is 6.80. The van der Waals surface area contributed by atoms with Crippen molar-refractivity contribution in [1.82, 2.24) is 0 Å². The van der Waals surface area contributed by atoms with Crippen molar-refractivity contribution in [2.75, 3.05) is 0 Å². The summed E-state index contributed by atoms with van der Waals surface area (Å²) in [6.07, 6.45) is 3.65. The summed E-state index contributed by atoms with van der Waals surface area (Å²) in [7, 11) is -2.87. The van der Waals surface area contributed by atoms with Gasteiger partial charge in [0.25, 0.3) is 0 Å². The average molecular weight is 211 g/mol. The molecule has 0 saturated heterocycles. The van der Waals surface area contributed by atoms with Gasteiger partial charge in [0, 0.05) is 21.1 Å². The number of hydrogen-bond donors (Lipinski definition) is 2. The minimum atomic E-state index is -2.87. The molecule has 0 atom stereocenters. The summed E-state index contributed by atoms with van der Waals surface area (Å²) in [4.78, 5) is 14.2. The van der Waals surface area contributed by atoms with Crippen LogP contribution in [-0.4, -0.2) is 9.79 Å². The molecule has 2 N–H and O–H groups in total. The molecule has 0 bridgehead atoms. The van der Waals surface area contributed by atoms with Crippen molar-refractivity contribution in [3.05, 3.63) is 6.92 Å². The van der Waals surface area contributed by atoms with E-state index < -0.39 is 8.25 Å². The van der Waals surface area contributed by atoms with Crippen molar-refractivity contribution >= 4 is 8.25 Å². The van der Waals surface area contributed by atoms with Gasteiger partial charge in [0.2, 0.25) is 0 Å². The van der Waals surface area contributed by atoms with E-state index in [0.29, 0.717) is 0 Å². The van der Waals surface area contributed by atoms with E-state index in [1.165, 1.54) is 12.8 Å². The predicted molar refractivity (Wildman–Crippen MR) is 36.9 cm³/mol. The van der Waals surface area contributed by atoms with Crippen LogP contribution >= 0.6 is 8.25 Å². The van der Waals surface area contributed by atoms with E-state index in [1.807, 2.05) is 0 Å². The van der Waals surface area contributed by atoms with Gasteiger partial charge in [0.1, 0.15) is 0 Å². The van der Waals surface area contributed by atoms with Crippen molar-refractivity contribution < 1.29 is 30.8 Å². The summed E-state index contributed by atoms with van der Waals surface area (Å²) in [5.41, 5.74) is 0. The van der Waals surface area contributed by atoms with Gasteiger partial charge in [-0.05, 0) is 0 Å². The molecule has 0 heterocycles. The number of hydrogen-bond acceptors (Lipinski definition) is 1. The molecule has 0 aliphatic carbocycles. The molecule has 0 radical (unpaired) electrons. The van der Waals surface area contributed by atoms with Gasteiger partial charge in [-0.2, -0.15) is 6.42 Å². The molecular formula is C5H13NiO3P. The Labute approximate surface area is 72.7 Å². The molecule has 0 aliphatic rings. The first kappa shape index (κ1) is 16.9. The van der Waals surface area contributed by atoms with Gasteiger partial charge in [-0.15, -0.1) is 9.79 Å². The monoisotopic (exact) mass is 210 g/mol. The second-order valence-electron chi connectivity index (χ2n) is 1.46. The number of unbranched alkanes of at least 4 members (excludes halogenated alkanes) is 2. The smallest absolute Gasteiger partial charge is 0.343 e. The molecule has 66 valence electrons. The molecule has 0 rings (SSSR count). The topological polar surface area (TPSA) is 57.5 Å². The van der Waals surface area contributed by atoms with Gasteiger partial charge in [-0.25, -0.2) is 0 Å². The van der Waals surface area contributed by atoms with E-state index in [9.17, 15) is 0 Å². The summed E-state index contributed by atoms with van der Waals surface area (Å²) in [5.74, 6) is 0. The van der Waals surface area contributed by atoms with Crippen LogP contribution in [0, 0.1) is 6.92 Å². The Morgan fingerprint density at radius 2 is 1.80 bits per heavy atom. The zero-order chi connectivity index (χ0) is 7.70. The van der Waals surface area contributed by atoms with Crippen LogP contribution in [0.25, 0.3) is 0 Å². The molecule has 0 fully saturated rings. The molecule has 0 saturated carbocycles. The van der Waals surface area contributed by atoms with Crippen LogP contribution in [0.3, 0.4) is 0 Å². The minimum Gasteiger partial charge on any atom is -0.343 e. The van der Waals surface area contributed by atoms with E-state index in [1.54, 1.807) is 0 Å². The zero-order valence-corrected chi connectivity index (χ0v) is 7.78. The first-order valence-corrected chi connectivity index (χ1v) is 3.95. The fourth-order valence-electron chi connectivity index (χ4n) is 0.250. The maximum absolute atomic E-state index is 8.70. The van der Waals surface area contributed by atoms with Gasteiger partial charge in [-0.3, -0.25) is 0 Å². The third kappa shape index (κ3) is 76.1. The molecule has 0 unspecified atom stereocenters. The van der Waals surface area contributed by atoms with E-state index in [-0.39, 0.29) is 16.5 Å². The van der Waals surface area contributed by atoms with Crippen LogP contribution in [0.1, 0.15) is 26.2 Å². The Morgan fingerprint density at radius 1 is 1.50 bits per heavy atom. The van der Waals surface area contributed by atoms with Crippen LogP contribution in [0.4, 0.5) is 0 Å². The largest absolute Gasteiger partial charge is 0.692 e. The summed E-state index contributed by atoms with van der Waals surface area (Å²) in [6.45, 7) is 5.85. The molecular weight excluding hydrogens is 198 g/mol. The van der Waals surface area contributed by atoms with E-state index >= 15 is 0 Å². The summed E-state index contributed by atoms with van der Waals surface area (Å²) in [5, 5.41) is 0. The summed E-state index contributed by atoms with van der Waals surface area (Å²) < 4.78 is 8.70. The predicted octanol–water partition coefficient (Wildman–Crippen LogP) is 1.64. The van der Waals surface area contributed by atoms with Crippen LogP contribution < -0.4 is 0 Å². The Balaban J connectivity index is -0.0000000910. The molecule has 3 nitrogen and oxygen atoms in total. The van der Waals surface area contributed by atoms with E-state index in [2.05, 4.69) is 13.8 Å². The maximum Gasteiger partial charge on any atom is 0.692 e. The molecule has 0 amide bonds. The summed E-state index contributed by atoms with van der Waals surface area (Å²) >= 11 is 0. The van der Waals surface area contributed by atoms with Crippen molar-refractivity contribution in [2.24, 2.45) is 0 Å². The van der Waals surface area contributed by atoms with Gasteiger partial charge < -0.3 is 6.92 Å². The van der Waals surface area contributed by atoms with E-state index in [0.717, 1.165) is 6.42 Å². The van der Waals surface area contributed by atoms with Crippen LogP contribution in [-0.2, 0) is 21.1 Å². The van der Waals surface area contributed by atoms with Crippen molar-refractivity contribution in [3.63, 3.8) is 0 Å². The third-order valence-corrected chi connectivity index (χ3v) is 0.604. The molecule has 0 aromatic heterocycles. The van der Waals surface area contributed by atoms with Crippen LogP contribution in [0.5, 0.6) is 0 Å². The average Bonchev–Trinajstić information content (AvgIpc) is 1.66. The molecule has 0 aliphatic heterocycles. The Bertz CT molecular complexity index is 63.9. The molecule has 10 heavy (non-hydrogen) atoms. The summed E-state index contributed by atoms with van der Waals surface area (Å²) in [6, 6.07) is 0. The maximum atomic E-state index is 8.70. The third-order valence-electron chi connectivity index (χ3n) is 0.604. The van der Waals surface area contributed by atoms with Crippen molar-refractivity contribution in [1.29, 1.82) is 0 Å². The van der Waals surface area contributed by atoms with E-state index in [4.69, 9.17) is 14.4 Å². The first-order chi connectivity index (χ1) is 4.15. The Morgan fingerprint density at radius 3 is 1.80 bits per heavy atom. The fourth-order valence-corrected chi connectivity index (χ4v) is 0.250. The molecule has 5 heteroatoms. The molecule has 0 aromatic rings. The number of rotatable bonds is 2. The molecule has 0 spiro atoms. The quantitative estimate of drug-likeness (QED) is 0.414. The second kappa shape index (κ2) is 16.3. The Kier molecular flexibility index (Phi) is 27.4.